The van der Waals surface area contributed by atoms with Crippen molar-refractivity contribution < 1.29 is 22.1 Å². The van der Waals surface area contributed by atoms with Gasteiger partial charge in [-0.2, -0.15) is 10.1 Å². The molecular formula is C20H24FN5O4S. The number of fused-ring (bicyclic) bond motifs is 1. The summed E-state index contributed by atoms with van der Waals surface area (Å²) in [6, 6.07) is 3.71. The molecule has 0 radical (unpaired) electrons. The number of rotatable bonds is 7. The van der Waals surface area contributed by atoms with Gasteiger partial charge in [-0.15, -0.1) is 0 Å². The predicted molar refractivity (Wildman–Crippen MR) is 109 cm³/mol. The molecule has 0 atom stereocenters. The molecule has 9 nitrogen and oxygen atoms in total. The Morgan fingerprint density at radius 3 is 2.90 bits per heavy atom. The van der Waals surface area contributed by atoms with Gasteiger partial charge in [-0.25, -0.2) is 17.1 Å². The molecule has 0 N–H and O–H groups in total. The molecule has 2 aromatic heterocycles. The minimum absolute atomic E-state index is 0.0551. The number of ether oxygens (including phenoxy) is 1. The van der Waals surface area contributed by atoms with Crippen LogP contribution >= 0.6 is 0 Å². The second-order valence-corrected chi connectivity index (χ2v) is 9.41. The molecule has 0 saturated heterocycles. The van der Waals surface area contributed by atoms with E-state index >= 15 is 0 Å². The number of sulfonamides is 1. The maximum absolute atomic E-state index is 13.6. The lowest BCUT2D eigenvalue weighted by molar-refractivity contribution is 0.109. The first-order valence-corrected chi connectivity index (χ1v) is 11.5. The summed E-state index contributed by atoms with van der Waals surface area (Å²) in [4.78, 5) is 4.35. The van der Waals surface area contributed by atoms with Crippen LogP contribution in [-0.2, 0) is 40.8 Å². The van der Waals surface area contributed by atoms with E-state index in [1.807, 2.05) is 11.6 Å². The molecule has 3 heterocycles. The van der Waals surface area contributed by atoms with Crippen LogP contribution in [0.4, 0.5) is 4.39 Å². The first kappa shape index (κ1) is 21.6. The molecule has 1 aliphatic heterocycles. The normalized spacial score (nSPS) is 14.2. The fourth-order valence-corrected chi connectivity index (χ4v) is 4.99. The summed E-state index contributed by atoms with van der Waals surface area (Å²) < 4.78 is 53.2. The number of hydrogen-bond donors (Lipinski definition) is 0. The number of nitrogens with zero attached hydrogens (tertiary/aromatic N) is 5. The van der Waals surface area contributed by atoms with Gasteiger partial charge in [0.1, 0.15) is 5.82 Å². The second kappa shape index (κ2) is 8.48. The van der Waals surface area contributed by atoms with Gasteiger partial charge in [-0.3, -0.25) is 4.68 Å². The van der Waals surface area contributed by atoms with Crippen molar-refractivity contribution in [3.63, 3.8) is 0 Å². The van der Waals surface area contributed by atoms with Crippen LogP contribution in [0.25, 0.3) is 11.6 Å². The molecule has 0 fully saturated rings. The Labute approximate surface area is 179 Å². The predicted octanol–water partition coefficient (Wildman–Crippen LogP) is 2.34. The van der Waals surface area contributed by atoms with Crippen LogP contribution in [0.1, 0.15) is 29.6 Å². The molecule has 0 spiro atoms. The lowest BCUT2D eigenvalue weighted by atomic mass is 10.1. The SMILES string of the molecule is CCn1nc(-c2nc(CCN(C)S(=O)(=O)c3cc(F)ccc3C)no2)c2c1CCOC2. The summed E-state index contributed by atoms with van der Waals surface area (Å²) in [5, 5.41) is 8.56. The van der Waals surface area contributed by atoms with Gasteiger partial charge < -0.3 is 9.26 Å². The molecule has 3 aromatic rings. The highest BCUT2D eigenvalue weighted by Crippen LogP contribution is 2.28. The zero-order chi connectivity index (χ0) is 22.2. The zero-order valence-corrected chi connectivity index (χ0v) is 18.4. The zero-order valence-electron chi connectivity index (χ0n) is 17.6. The van der Waals surface area contributed by atoms with Gasteiger partial charge in [0.05, 0.1) is 18.1 Å². The third-order valence-electron chi connectivity index (χ3n) is 5.35. The van der Waals surface area contributed by atoms with Crippen LogP contribution in [0.3, 0.4) is 0 Å². The van der Waals surface area contributed by atoms with Gasteiger partial charge in [0.25, 0.3) is 5.89 Å². The van der Waals surface area contributed by atoms with Crippen LogP contribution in [0.5, 0.6) is 0 Å². The average molecular weight is 450 g/mol. The highest BCUT2D eigenvalue weighted by molar-refractivity contribution is 7.89. The van der Waals surface area contributed by atoms with Gasteiger partial charge in [0.15, 0.2) is 11.5 Å². The maximum atomic E-state index is 13.6. The molecule has 1 aliphatic rings. The molecule has 0 bridgehead atoms. The number of hydrogen-bond acceptors (Lipinski definition) is 7. The molecule has 0 saturated carbocycles. The Hall–Kier alpha value is -2.63. The van der Waals surface area contributed by atoms with Gasteiger partial charge in [0.2, 0.25) is 10.0 Å². The highest BCUT2D eigenvalue weighted by Gasteiger charge is 2.26. The number of halogens is 1. The van der Waals surface area contributed by atoms with E-state index in [-0.39, 0.29) is 23.8 Å². The molecule has 166 valence electrons. The molecule has 0 unspecified atom stereocenters. The third-order valence-corrected chi connectivity index (χ3v) is 7.35. The minimum atomic E-state index is -3.84. The van der Waals surface area contributed by atoms with Crippen LogP contribution in [0.2, 0.25) is 0 Å². The molecule has 11 heteroatoms. The van der Waals surface area contributed by atoms with E-state index in [1.54, 1.807) is 6.92 Å². The van der Waals surface area contributed by atoms with E-state index in [4.69, 9.17) is 9.26 Å². The molecule has 1 aromatic carbocycles. The summed E-state index contributed by atoms with van der Waals surface area (Å²) in [5.41, 5.74) is 3.14. The van der Waals surface area contributed by atoms with Crippen LogP contribution in [0.15, 0.2) is 27.6 Å². The fourth-order valence-electron chi connectivity index (χ4n) is 3.59. The number of benzene rings is 1. The Balaban J connectivity index is 1.50. The Morgan fingerprint density at radius 1 is 1.32 bits per heavy atom. The van der Waals surface area contributed by atoms with Crippen molar-refractivity contribution in [3.8, 4) is 11.6 Å². The summed E-state index contributed by atoms with van der Waals surface area (Å²) in [5.74, 6) is 0.0548. The van der Waals surface area contributed by atoms with E-state index in [1.165, 1.54) is 19.2 Å². The smallest absolute Gasteiger partial charge is 0.278 e. The van der Waals surface area contributed by atoms with Crippen molar-refractivity contribution in [2.45, 2.75) is 44.7 Å². The second-order valence-electron chi connectivity index (χ2n) is 7.39. The van der Waals surface area contributed by atoms with Crippen LogP contribution < -0.4 is 0 Å². The lowest BCUT2D eigenvalue weighted by Crippen LogP contribution is -2.29. The summed E-state index contributed by atoms with van der Waals surface area (Å²) in [7, 11) is -2.40. The van der Waals surface area contributed by atoms with Crippen molar-refractivity contribution in [2.24, 2.45) is 0 Å². The standard InChI is InChI=1S/C20H24FN5O4S/c1-4-26-16-8-10-29-12-15(16)19(23-26)20-22-18(24-30-20)7-9-25(3)31(27,28)17-11-14(21)6-5-13(17)2/h5-6,11H,4,7-10,12H2,1-3H3. The van der Waals surface area contributed by atoms with Crippen molar-refractivity contribution in [3.05, 3.63) is 46.7 Å². The van der Waals surface area contributed by atoms with Gasteiger partial charge in [-0.1, -0.05) is 11.2 Å². The molecule has 0 aliphatic carbocycles. The van der Waals surface area contributed by atoms with Gasteiger partial charge >= 0.3 is 0 Å². The van der Waals surface area contributed by atoms with Crippen molar-refractivity contribution in [1.82, 2.24) is 24.2 Å². The topological polar surface area (TPSA) is 103 Å². The summed E-state index contributed by atoms with van der Waals surface area (Å²) in [6.45, 7) is 5.58. The Bertz CT molecular complexity index is 1200. The third kappa shape index (κ3) is 4.12. The van der Waals surface area contributed by atoms with E-state index in [0.29, 0.717) is 30.3 Å². The van der Waals surface area contributed by atoms with Crippen molar-refractivity contribution in [1.29, 1.82) is 0 Å². The van der Waals surface area contributed by atoms with Crippen molar-refractivity contribution in [2.75, 3.05) is 20.2 Å². The summed E-state index contributed by atoms with van der Waals surface area (Å²) in [6.07, 6.45) is 1.01. The minimum Gasteiger partial charge on any atom is -0.376 e. The molecule has 4 rings (SSSR count). The van der Waals surface area contributed by atoms with Gasteiger partial charge in [-0.05, 0) is 31.5 Å². The van der Waals surface area contributed by atoms with Crippen molar-refractivity contribution >= 4 is 10.0 Å². The van der Waals surface area contributed by atoms with E-state index in [0.717, 1.165) is 34.6 Å². The van der Waals surface area contributed by atoms with Gasteiger partial charge in [0, 0.05) is 44.2 Å². The highest BCUT2D eigenvalue weighted by atomic mass is 32.2. The van der Waals surface area contributed by atoms with Crippen LogP contribution in [-0.4, -0.2) is 52.8 Å². The van der Waals surface area contributed by atoms with E-state index < -0.39 is 15.8 Å². The Kier molecular flexibility index (Phi) is 5.91. The van der Waals surface area contributed by atoms with E-state index in [2.05, 4.69) is 15.2 Å². The lowest BCUT2D eigenvalue weighted by Gasteiger charge is -2.17. The number of likely N-dealkylation sites (N-methyl/N-ethyl adjacent to an activating group) is 1. The fraction of sp³-hybridized carbons (Fsp3) is 0.450. The molecule has 31 heavy (non-hydrogen) atoms. The molecule has 0 amide bonds. The van der Waals surface area contributed by atoms with Crippen LogP contribution in [0, 0.1) is 12.7 Å². The number of aryl methyl sites for hydroxylation is 2. The quantitative estimate of drug-likeness (QED) is 0.545. The molecular weight excluding hydrogens is 425 g/mol. The first-order valence-electron chi connectivity index (χ1n) is 10.0. The largest absolute Gasteiger partial charge is 0.376 e. The maximum Gasteiger partial charge on any atom is 0.278 e. The number of aromatic nitrogens is 4. The average Bonchev–Trinajstić information content (AvgIpc) is 3.37. The Morgan fingerprint density at radius 2 is 2.13 bits per heavy atom. The van der Waals surface area contributed by atoms with E-state index in [9.17, 15) is 12.8 Å². The summed E-state index contributed by atoms with van der Waals surface area (Å²) >= 11 is 0. The monoisotopic (exact) mass is 449 g/mol. The first-order chi connectivity index (χ1) is 14.8.